The number of hydrogen-bond donors (Lipinski definition) is 2. The summed E-state index contributed by atoms with van der Waals surface area (Å²) in [5.74, 6) is 0.397. The lowest BCUT2D eigenvalue weighted by atomic mass is 10.4. The minimum Gasteiger partial charge on any atom is -0.449 e. The lowest BCUT2D eigenvalue weighted by molar-refractivity contribution is 0.144. The Labute approximate surface area is 62.4 Å². The summed E-state index contributed by atoms with van der Waals surface area (Å²) in [6.07, 6.45) is 0.00347. The molecule has 5 heteroatoms. The molecule has 0 aliphatic carbocycles. The van der Waals surface area contributed by atoms with Crippen LogP contribution in [0.3, 0.4) is 0 Å². The van der Waals surface area contributed by atoms with Crippen LogP contribution in [0.1, 0.15) is 0 Å². The van der Waals surface area contributed by atoms with E-state index >= 15 is 0 Å². The zero-order valence-corrected chi connectivity index (χ0v) is 5.52. The molecule has 1 heterocycles. The molecule has 0 spiro atoms. The first kappa shape index (κ1) is 7.33. The van der Waals surface area contributed by atoms with Gasteiger partial charge in [-0.3, -0.25) is 0 Å². The number of nitrogens with two attached hydrogens (primary N) is 1. The Balaban J connectivity index is 2.79. The Morgan fingerprint density at radius 2 is 2.45 bits per heavy atom. The zero-order chi connectivity index (χ0) is 8.27. The standard InChI is InChI=1S/C6H6N2O3/c7-5-3-4(1-2-8-5)11-6(9)10/h1-3H,(H2,7,8)(H,9,10). The van der Waals surface area contributed by atoms with Crippen molar-refractivity contribution in [2.24, 2.45) is 0 Å². The van der Waals surface area contributed by atoms with Crippen LogP contribution in [0.25, 0.3) is 0 Å². The Morgan fingerprint density at radius 1 is 1.73 bits per heavy atom. The van der Waals surface area contributed by atoms with Gasteiger partial charge in [0.05, 0.1) is 0 Å². The average Bonchev–Trinajstić information content (AvgIpc) is 1.85. The number of ether oxygens (including phenoxy) is 1. The van der Waals surface area contributed by atoms with Crippen LogP contribution >= 0.6 is 0 Å². The molecule has 0 aromatic carbocycles. The molecule has 0 saturated carbocycles. The molecule has 0 bridgehead atoms. The van der Waals surface area contributed by atoms with Crippen LogP contribution in [-0.4, -0.2) is 16.2 Å². The molecule has 0 atom stereocenters. The summed E-state index contributed by atoms with van der Waals surface area (Å²) in [4.78, 5) is 13.6. The Kier molecular flexibility index (Phi) is 1.91. The summed E-state index contributed by atoms with van der Waals surface area (Å²) in [7, 11) is 0. The first-order chi connectivity index (χ1) is 5.18. The van der Waals surface area contributed by atoms with Crippen molar-refractivity contribution in [2.75, 3.05) is 5.73 Å². The summed E-state index contributed by atoms with van der Waals surface area (Å²) in [5, 5.41) is 8.17. The second kappa shape index (κ2) is 2.87. The van der Waals surface area contributed by atoms with Gasteiger partial charge >= 0.3 is 6.16 Å². The van der Waals surface area contributed by atoms with Crippen molar-refractivity contribution >= 4 is 12.0 Å². The quantitative estimate of drug-likeness (QED) is 0.582. The smallest absolute Gasteiger partial charge is 0.449 e. The molecule has 58 valence electrons. The van der Waals surface area contributed by atoms with E-state index in [0.717, 1.165) is 0 Å². The van der Waals surface area contributed by atoms with Gasteiger partial charge in [-0.2, -0.15) is 0 Å². The monoisotopic (exact) mass is 154 g/mol. The normalized spacial score (nSPS) is 9.09. The van der Waals surface area contributed by atoms with Gasteiger partial charge in [0.15, 0.2) is 0 Å². The lowest BCUT2D eigenvalue weighted by Crippen LogP contribution is -2.03. The molecular weight excluding hydrogens is 148 g/mol. The Hall–Kier alpha value is -1.78. The van der Waals surface area contributed by atoms with E-state index in [4.69, 9.17) is 10.8 Å². The second-order valence-corrected chi connectivity index (χ2v) is 1.78. The van der Waals surface area contributed by atoms with Gasteiger partial charge < -0.3 is 15.6 Å². The number of anilines is 1. The highest BCUT2D eigenvalue weighted by Crippen LogP contribution is 2.11. The van der Waals surface area contributed by atoms with Gasteiger partial charge in [0.25, 0.3) is 0 Å². The predicted molar refractivity (Wildman–Crippen MR) is 37.3 cm³/mol. The molecule has 0 unspecified atom stereocenters. The minimum atomic E-state index is -1.37. The highest BCUT2D eigenvalue weighted by molar-refractivity contribution is 5.61. The van der Waals surface area contributed by atoms with E-state index in [-0.39, 0.29) is 11.6 Å². The maximum atomic E-state index is 10.00. The topological polar surface area (TPSA) is 85.4 Å². The molecule has 0 amide bonds. The van der Waals surface area contributed by atoms with Crippen molar-refractivity contribution in [3.63, 3.8) is 0 Å². The zero-order valence-electron chi connectivity index (χ0n) is 5.52. The first-order valence-electron chi connectivity index (χ1n) is 2.81. The molecule has 0 saturated heterocycles. The number of nitrogens with zero attached hydrogens (tertiary/aromatic N) is 1. The fourth-order valence-corrected chi connectivity index (χ4v) is 0.592. The maximum absolute atomic E-state index is 10.00. The average molecular weight is 154 g/mol. The molecular formula is C6H6N2O3. The molecule has 0 aliphatic rings. The van der Waals surface area contributed by atoms with Gasteiger partial charge in [-0.15, -0.1) is 0 Å². The number of carboxylic acid groups (broad SMARTS) is 1. The minimum absolute atomic E-state index is 0.171. The molecule has 11 heavy (non-hydrogen) atoms. The summed E-state index contributed by atoms with van der Waals surface area (Å²) in [6.45, 7) is 0. The number of pyridine rings is 1. The van der Waals surface area contributed by atoms with E-state index in [1.807, 2.05) is 0 Å². The van der Waals surface area contributed by atoms with E-state index in [9.17, 15) is 4.79 Å². The fraction of sp³-hybridized carbons (Fsp3) is 0. The van der Waals surface area contributed by atoms with Crippen molar-refractivity contribution in [1.29, 1.82) is 0 Å². The van der Waals surface area contributed by atoms with Crippen molar-refractivity contribution in [2.45, 2.75) is 0 Å². The van der Waals surface area contributed by atoms with Crippen LogP contribution in [0.15, 0.2) is 18.3 Å². The van der Waals surface area contributed by atoms with Crippen molar-refractivity contribution < 1.29 is 14.6 Å². The van der Waals surface area contributed by atoms with E-state index < -0.39 is 6.16 Å². The third kappa shape index (κ3) is 2.13. The maximum Gasteiger partial charge on any atom is 0.511 e. The van der Waals surface area contributed by atoms with Crippen LogP contribution in [0.4, 0.5) is 10.6 Å². The van der Waals surface area contributed by atoms with E-state index in [2.05, 4.69) is 9.72 Å². The Bertz CT molecular complexity index is 274. The number of rotatable bonds is 1. The van der Waals surface area contributed by atoms with Gasteiger partial charge in [0.1, 0.15) is 11.6 Å². The van der Waals surface area contributed by atoms with E-state index in [1.165, 1.54) is 18.3 Å². The SMILES string of the molecule is Nc1cc(OC(=O)O)ccn1. The van der Waals surface area contributed by atoms with Crippen molar-refractivity contribution in [1.82, 2.24) is 4.98 Å². The second-order valence-electron chi connectivity index (χ2n) is 1.78. The Morgan fingerprint density at radius 3 is 3.00 bits per heavy atom. The summed E-state index contributed by atoms with van der Waals surface area (Å²) in [6, 6.07) is 2.73. The van der Waals surface area contributed by atoms with Gasteiger partial charge in [0.2, 0.25) is 0 Å². The van der Waals surface area contributed by atoms with Crippen LogP contribution in [0.2, 0.25) is 0 Å². The first-order valence-corrected chi connectivity index (χ1v) is 2.81. The van der Waals surface area contributed by atoms with Crippen LogP contribution in [-0.2, 0) is 0 Å². The van der Waals surface area contributed by atoms with Crippen LogP contribution in [0, 0.1) is 0 Å². The molecule has 1 aromatic heterocycles. The fourth-order valence-electron chi connectivity index (χ4n) is 0.592. The highest BCUT2D eigenvalue weighted by atomic mass is 16.7. The molecule has 0 radical (unpaired) electrons. The molecule has 3 N–H and O–H groups in total. The largest absolute Gasteiger partial charge is 0.511 e. The third-order valence-electron chi connectivity index (χ3n) is 0.958. The summed E-state index contributed by atoms with van der Waals surface area (Å²) >= 11 is 0. The highest BCUT2D eigenvalue weighted by Gasteiger charge is 1.99. The van der Waals surface area contributed by atoms with E-state index in [1.54, 1.807) is 0 Å². The number of hydrogen-bond acceptors (Lipinski definition) is 4. The van der Waals surface area contributed by atoms with Crippen molar-refractivity contribution in [3.8, 4) is 5.75 Å². The molecule has 1 aromatic rings. The van der Waals surface area contributed by atoms with Gasteiger partial charge in [-0.1, -0.05) is 0 Å². The summed E-state index contributed by atoms with van der Waals surface area (Å²) in [5.41, 5.74) is 5.25. The van der Waals surface area contributed by atoms with Crippen molar-refractivity contribution in [3.05, 3.63) is 18.3 Å². The van der Waals surface area contributed by atoms with E-state index in [0.29, 0.717) is 0 Å². The number of aromatic nitrogens is 1. The van der Waals surface area contributed by atoms with Gasteiger partial charge in [-0.25, -0.2) is 9.78 Å². The summed E-state index contributed by atoms with van der Waals surface area (Å²) < 4.78 is 4.29. The molecule has 0 aliphatic heterocycles. The lowest BCUT2D eigenvalue weighted by Gasteiger charge is -1.98. The number of nitrogen functional groups attached to an aromatic ring is 1. The molecule has 1 rings (SSSR count). The third-order valence-corrected chi connectivity index (χ3v) is 0.958. The number of carbonyl (C=O) groups is 1. The van der Waals surface area contributed by atoms with Crippen LogP contribution in [0.5, 0.6) is 5.75 Å². The van der Waals surface area contributed by atoms with Crippen LogP contribution < -0.4 is 10.5 Å². The predicted octanol–water partition coefficient (Wildman–Crippen LogP) is 0.721. The van der Waals surface area contributed by atoms with Gasteiger partial charge in [-0.05, 0) is 6.07 Å². The molecule has 5 nitrogen and oxygen atoms in total. The van der Waals surface area contributed by atoms with Gasteiger partial charge in [0, 0.05) is 12.3 Å². The molecule has 0 fully saturated rings.